The number of aliphatic hydroxyl groups excluding tert-OH is 1. The van der Waals surface area contributed by atoms with Crippen LogP contribution < -0.4 is 10.5 Å². The second-order valence-electron chi connectivity index (χ2n) is 4.13. The Balaban J connectivity index is 2.11. The third-order valence-corrected chi connectivity index (χ3v) is 2.75. The van der Waals surface area contributed by atoms with Gasteiger partial charge in [0, 0.05) is 12.0 Å². The molecule has 6 heteroatoms. The summed E-state index contributed by atoms with van der Waals surface area (Å²) in [4.78, 5) is 4.16. The minimum atomic E-state index is -0.802. The van der Waals surface area contributed by atoms with E-state index in [1.807, 2.05) is 24.3 Å². The Bertz CT molecular complexity index is 527. The SMILES string of the molecule is COc1ccccc1Cc1noc(C(O)CCN)n1. The van der Waals surface area contributed by atoms with Crippen molar-refractivity contribution in [3.05, 3.63) is 41.5 Å². The van der Waals surface area contributed by atoms with E-state index in [1.165, 1.54) is 0 Å². The van der Waals surface area contributed by atoms with E-state index in [1.54, 1.807) is 7.11 Å². The number of ether oxygens (including phenoxy) is 1. The van der Waals surface area contributed by atoms with Crippen molar-refractivity contribution in [3.63, 3.8) is 0 Å². The zero-order valence-corrected chi connectivity index (χ0v) is 10.7. The number of hydrogen-bond donors (Lipinski definition) is 2. The van der Waals surface area contributed by atoms with Crippen LogP contribution in [0.4, 0.5) is 0 Å². The van der Waals surface area contributed by atoms with Gasteiger partial charge in [0.15, 0.2) is 5.82 Å². The zero-order valence-electron chi connectivity index (χ0n) is 10.7. The molecule has 2 aromatic rings. The number of benzene rings is 1. The van der Waals surface area contributed by atoms with Crippen molar-refractivity contribution in [1.82, 2.24) is 10.1 Å². The molecule has 6 nitrogen and oxygen atoms in total. The molecule has 0 spiro atoms. The van der Waals surface area contributed by atoms with Crippen molar-refractivity contribution in [2.45, 2.75) is 18.9 Å². The van der Waals surface area contributed by atoms with Gasteiger partial charge >= 0.3 is 0 Å². The Morgan fingerprint density at radius 2 is 2.21 bits per heavy atom. The van der Waals surface area contributed by atoms with E-state index in [0.29, 0.717) is 25.2 Å². The average Bonchev–Trinajstić information content (AvgIpc) is 2.88. The van der Waals surface area contributed by atoms with Gasteiger partial charge in [-0.3, -0.25) is 0 Å². The van der Waals surface area contributed by atoms with Crippen molar-refractivity contribution >= 4 is 0 Å². The summed E-state index contributed by atoms with van der Waals surface area (Å²) in [5, 5.41) is 13.5. The number of para-hydroxylation sites is 1. The first-order valence-corrected chi connectivity index (χ1v) is 6.07. The molecule has 3 N–H and O–H groups in total. The number of nitrogens with two attached hydrogens (primary N) is 1. The molecule has 0 fully saturated rings. The van der Waals surface area contributed by atoms with E-state index in [2.05, 4.69) is 10.1 Å². The van der Waals surface area contributed by atoms with E-state index >= 15 is 0 Å². The quantitative estimate of drug-likeness (QED) is 0.809. The lowest BCUT2D eigenvalue weighted by molar-refractivity contribution is 0.127. The van der Waals surface area contributed by atoms with Gasteiger partial charge in [0.2, 0.25) is 0 Å². The van der Waals surface area contributed by atoms with Gasteiger partial charge in [-0.2, -0.15) is 4.98 Å². The highest BCUT2D eigenvalue weighted by atomic mass is 16.5. The lowest BCUT2D eigenvalue weighted by Gasteiger charge is -2.05. The predicted octanol–water partition coefficient (Wildman–Crippen LogP) is 1.05. The van der Waals surface area contributed by atoms with Gasteiger partial charge < -0.3 is 20.1 Å². The molecule has 19 heavy (non-hydrogen) atoms. The lowest BCUT2D eigenvalue weighted by Crippen LogP contribution is -2.07. The van der Waals surface area contributed by atoms with E-state index in [0.717, 1.165) is 11.3 Å². The molecule has 0 amide bonds. The molecular weight excluding hydrogens is 246 g/mol. The lowest BCUT2D eigenvalue weighted by atomic mass is 10.1. The molecule has 0 saturated carbocycles. The summed E-state index contributed by atoms with van der Waals surface area (Å²) in [7, 11) is 1.62. The van der Waals surface area contributed by atoms with Crippen LogP contribution in [0.3, 0.4) is 0 Å². The maximum absolute atomic E-state index is 9.70. The van der Waals surface area contributed by atoms with Crippen LogP contribution in [0.25, 0.3) is 0 Å². The molecule has 102 valence electrons. The summed E-state index contributed by atoms with van der Waals surface area (Å²) in [6, 6.07) is 7.63. The number of nitrogens with zero attached hydrogens (tertiary/aromatic N) is 2. The largest absolute Gasteiger partial charge is 0.496 e. The molecule has 0 aliphatic rings. The Kier molecular flexibility index (Phi) is 4.48. The highest BCUT2D eigenvalue weighted by Gasteiger charge is 2.16. The number of rotatable bonds is 6. The normalized spacial score (nSPS) is 12.4. The molecule has 1 aromatic heterocycles. The van der Waals surface area contributed by atoms with Crippen LogP contribution in [0.1, 0.15) is 29.8 Å². The highest BCUT2D eigenvalue weighted by molar-refractivity contribution is 5.35. The van der Waals surface area contributed by atoms with Crippen LogP contribution in [-0.2, 0) is 6.42 Å². The summed E-state index contributed by atoms with van der Waals surface area (Å²) in [5.41, 5.74) is 6.33. The van der Waals surface area contributed by atoms with Gasteiger partial charge in [-0.15, -0.1) is 0 Å². The van der Waals surface area contributed by atoms with E-state index < -0.39 is 6.10 Å². The molecule has 2 rings (SSSR count). The van der Waals surface area contributed by atoms with Crippen molar-refractivity contribution in [2.75, 3.05) is 13.7 Å². The summed E-state index contributed by atoms with van der Waals surface area (Å²) in [5.74, 6) is 1.49. The fourth-order valence-electron chi connectivity index (χ4n) is 1.78. The number of aliphatic hydroxyl groups is 1. The molecular formula is C13H17N3O3. The topological polar surface area (TPSA) is 94.4 Å². The fourth-order valence-corrected chi connectivity index (χ4v) is 1.78. The molecule has 0 aliphatic carbocycles. The van der Waals surface area contributed by atoms with Crippen LogP contribution in [0, 0.1) is 0 Å². The van der Waals surface area contributed by atoms with Crippen LogP contribution in [0.2, 0.25) is 0 Å². The molecule has 0 bridgehead atoms. The number of hydrogen-bond acceptors (Lipinski definition) is 6. The van der Waals surface area contributed by atoms with Crippen molar-refractivity contribution in [1.29, 1.82) is 0 Å². The van der Waals surface area contributed by atoms with Crippen LogP contribution in [-0.4, -0.2) is 28.9 Å². The van der Waals surface area contributed by atoms with Gasteiger partial charge in [-0.05, 0) is 19.0 Å². The zero-order chi connectivity index (χ0) is 13.7. The summed E-state index contributed by atoms with van der Waals surface area (Å²) in [6.07, 6.45) is 0.0861. The summed E-state index contributed by atoms with van der Waals surface area (Å²) >= 11 is 0. The van der Waals surface area contributed by atoms with Gasteiger partial charge in [0.05, 0.1) is 7.11 Å². The van der Waals surface area contributed by atoms with Crippen molar-refractivity contribution in [2.24, 2.45) is 5.73 Å². The van der Waals surface area contributed by atoms with E-state index in [9.17, 15) is 5.11 Å². The second-order valence-corrected chi connectivity index (χ2v) is 4.13. The minimum absolute atomic E-state index is 0.204. The van der Waals surface area contributed by atoms with Crippen LogP contribution >= 0.6 is 0 Å². The molecule has 1 atom stereocenters. The monoisotopic (exact) mass is 263 g/mol. The molecule has 0 aliphatic heterocycles. The Labute approximate surface area is 111 Å². The molecule has 0 saturated heterocycles. The first kappa shape index (κ1) is 13.5. The molecule has 1 heterocycles. The summed E-state index contributed by atoms with van der Waals surface area (Å²) in [6.45, 7) is 0.366. The summed E-state index contributed by atoms with van der Waals surface area (Å²) < 4.78 is 10.3. The van der Waals surface area contributed by atoms with Crippen LogP contribution in [0.15, 0.2) is 28.8 Å². The third-order valence-electron chi connectivity index (χ3n) is 2.75. The fraction of sp³-hybridized carbons (Fsp3) is 0.385. The molecule has 1 unspecified atom stereocenters. The number of methoxy groups -OCH3 is 1. The molecule has 0 radical (unpaired) electrons. The predicted molar refractivity (Wildman–Crippen MR) is 68.7 cm³/mol. The maximum Gasteiger partial charge on any atom is 0.255 e. The van der Waals surface area contributed by atoms with Gasteiger partial charge in [0.1, 0.15) is 11.9 Å². The van der Waals surface area contributed by atoms with E-state index in [4.69, 9.17) is 15.0 Å². The minimum Gasteiger partial charge on any atom is -0.496 e. The van der Waals surface area contributed by atoms with Crippen LogP contribution in [0.5, 0.6) is 5.75 Å². The standard InChI is InChI=1S/C13H17N3O3/c1-18-11-5-3-2-4-9(11)8-12-15-13(19-16-12)10(17)6-7-14/h2-5,10,17H,6-8,14H2,1H3. The Morgan fingerprint density at radius 1 is 1.42 bits per heavy atom. The van der Waals surface area contributed by atoms with E-state index in [-0.39, 0.29) is 5.89 Å². The van der Waals surface area contributed by atoms with Crippen molar-refractivity contribution < 1.29 is 14.4 Å². The smallest absolute Gasteiger partial charge is 0.255 e. The van der Waals surface area contributed by atoms with Gasteiger partial charge in [-0.1, -0.05) is 23.4 Å². The number of aromatic nitrogens is 2. The second kappa shape index (κ2) is 6.31. The highest BCUT2D eigenvalue weighted by Crippen LogP contribution is 2.21. The third kappa shape index (κ3) is 3.30. The first-order valence-electron chi connectivity index (χ1n) is 6.07. The first-order chi connectivity index (χ1) is 9.24. The van der Waals surface area contributed by atoms with Gasteiger partial charge in [-0.25, -0.2) is 0 Å². The maximum atomic E-state index is 9.70. The van der Waals surface area contributed by atoms with Crippen molar-refractivity contribution in [3.8, 4) is 5.75 Å². The average molecular weight is 263 g/mol. The Hall–Kier alpha value is -1.92. The Morgan fingerprint density at radius 3 is 2.95 bits per heavy atom. The van der Waals surface area contributed by atoms with Gasteiger partial charge in [0.25, 0.3) is 5.89 Å². The molecule has 1 aromatic carbocycles.